The van der Waals surface area contributed by atoms with Gasteiger partial charge in [-0.15, -0.1) is 11.3 Å². The molecule has 0 radical (unpaired) electrons. The van der Waals surface area contributed by atoms with Crippen LogP contribution in [0.2, 0.25) is 0 Å². The summed E-state index contributed by atoms with van der Waals surface area (Å²) >= 11 is 1.31. The maximum Gasteiger partial charge on any atom is 0.332 e. The molecule has 0 spiro atoms. The van der Waals surface area contributed by atoms with E-state index < -0.39 is 11.2 Å². The van der Waals surface area contributed by atoms with Crippen LogP contribution in [0, 0.1) is 0 Å². The van der Waals surface area contributed by atoms with Gasteiger partial charge in [-0.3, -0.25) is 18.7 Å². The maximum atomic E-state index is 13.4. The summed E-state index contributed by atoms with van der Waals surface area (Å²) in [5, 5.41) is 6.61. The molecule has 0 unspecified atom stereocenters. The van der Waals surface area contributed by atoms with Gasteiger partial charge in [-0.05, 0) is 42.5 Å². The molecule has 5 rings (SSSR count). The molecule has 0 saturated heterocycles. The van der Waals surface area contributed by atoms with Crippen molar-refractivity contribution in [2.24, 2.45) is 0 Å². The topological polar surface area (TPSA) is 98.3 Å². The first kappa shape index (κ1) is 20.8. The van der Waals surface area contributed by atoms with E-state index in [-0.39, 0.29) is 19.0 Å². The first-order chi connectivity index (χ1) is 16.0. The Labute approximate surface area is 191 Å². The lowest BCUT2D eigenvalue weighted by molar-refractivity contribution is -0.116. The predicted molar refractivity (Wildman–Crippen MR) is 130 cm³/mol. The molecule has 0 bridgehead atoms. The highest BCUT2D eigenvalue weighted by Crippen LogP contribution is 2.30. The van der Waals surface area contributed by atoms with Gasteiger partial charge in [-0.1, -0.05) is 18.2 Å². The lowest BCUT2D eigenvalue weighted by Gasteiger charge is -2.12. The van der Waals surface area contributed by atoms with Crippen LogP contribution in [0.5, 0.6) is 0 Å². The summed E-state index contributed by atoms with van der Waals surface area (Å²) in [4.78, 5) is 39.6. The van der Waals surface area contributed by atoms with Gasteiger partial charge in [0.1, 0.15) is 17.0 Å². The van der Waals surface area contributed by atoms with Crippen LogP contribution in [-0.2, 0) is 17.9 Å². The number of benzene rings is 2. The third kappa shape index (κ3) is 3.83. The first-order valence-electron chi connectivity index (χ1n) is 10.3. The number of carbonyl (C=O) groups is 1. The van der Waals surface area contributed by atoms with Gasteiger partial charge in [0.2, 0.25) is 5.91 Å². The fraction of sp³-hybridized carbons (Fsp3) is 0.125. The number of amides is 1. The summed E-state index contributed by atoms with van der Waals surface area (Å²) in [6, 6.07) is 18.1. The van der Waals surface area contributed by atoms with Crippen LogP contribution in [0.15, 0.2) is 80.9 Å². The molecular formula is C24H20N4O4S. The summed E-state index contributed by atoms with van der Waals surface area (Å²) in [6.45, 7) is -0.246. The van der Waals surface area contributed by atoms with Crippen molar-refractivity contribution in [1.82, 2.24) is 9.13 Å². The predicted octanol–water partition coefficient (Wildman–Crippen LogP) is 3.70. The van der Waals surface area contributed by atoms with E-state index in [1.165, 1.54) is 22.2 Å². The van der Waals surface area contributed by atoms with Crippen LogP contribution in [-0.4, -0.2) is 22.1 Å². The van der Waals surface area contributed by atoms with Crippen molar-refractivity contribution in [3.05, 3.63) is 93.5 Å². The number of hydrogen-bond acceptors (Lipinski definition) is 6. The van der Waals surface area contributed by atoms with Gasteiger partial charge in [0.25, 0.3) is 5.56 Å². The van der Waals surface area contributed by atoms with Gasteiger partial charge >= 0.3 is 5.69 Å². The Morgan fingerprint density at radius 2 is 1.73 bits per heavy atom. The fourth-order valence-electron chi connectivity index (χ4n) is 3.80. The van der Waals surface area contributed by atoms with Crippen LogP contribution >= 0.6 is 11.3 Å². The van der Waals surface area contributed by atoms with E-state index in [1.54, 1.807) is 24.3 Å². The van der Waals surface area contributed by atoms with Crippen molar-refractivity contribution in [3.8, 4) is 0 Å². The Kier molecular flexibility index (Phi) is 5.31. The molecule has 8 nitrogen and oxygen atoms in total. The fourth-order valence-corrected chi connectivity index (χ4v) is 4.96. The minimum atomic E-state index is -0.562. The van der Waals surface area contributed by atoms with Gasteiger partial charge in [0.05, 0.1) is 18.3 Å². The molecule has 5 aromatic rings. The largest absolute Gasteiger partial charge is 0.467 e. The Hall–Kier alpha value is -4.11. The Bertz CT molecular complexity index is 1580. The second-order valence-corrected chi connectivity index (χ2v) is 8.54. The lowest BCUT2D eigenvalue weighted by atomic mass is 10.2. The minimum Gasteiger partial charge on any atom is -0.467 e. The molecule has 33 heavy (non-hydrogen) atoms. The van der Waals surface area contributed by atoms with Gasteiger partial charge in [0, 0.05) is 28.5 Å². The van der Waals surface area contributed by atoms with Crippen molar-refractivity contribution in [2.75, 3.05) is 17.7 Å². The monoisotopic (exact) mass is 460 g/mol. The highest BCUT2D eigenvalue weighted by molar-refractivity contribution is 7.25. The second-order valence-electron chi connectivity index (χ2n) is 7.49. The Morgan fingerprint density at radius 1 is 0.970 bits per heavy atom. The molecule has 0 aliphatic carbocycles. The van der Waals surface area contributed by atoms with E-state index in [0.717, 1.165) is 20.3 Å². The first-order valence-corrected chi connectivity index (χ1v) is 11.1. The van der Waals surface area contributed by atoms with E-state index >= 15 is 0 Å². The maximum absolute atomic E-state index is 13.4. The summed E-state index contributed by atoms with van der Waals surface area (Å²) in [6.07, 6.45) is 1.49. The number of aromatic nitrogens is 2. The molecule has 1 amide bonds. The standard InChI is InChI=1S/C24H20N4O4S/c1-25-15-8-10-16(11-9-15)26-20(29)14-27-21-18-6-2-3-7-19(18)33-22(21)23(30)28(24(27)31)13-17-5-4-12-32-17/h2-12,25H,13-14H2,1H3,(H,26,29). The number of nitrogens with one attached hydrogen (secondary N) is 2. The third-order valence-electron chi connectivity index (χ3n) is 5.39. The molecule has 0 aliphatic heterocycles. The van der Waals surface area contributed by atoms with E-state index in [4.69, 9.17) is 4.42 Å². The van der Waals surface area contributed by atoms with Crippen molar-refractivity contribution >= 4 is 48.9 Å². The average molecular weight is 461 g/mol. The smallest absolute Gasteiger partial charge is 0.332 e. The number of fused-ring (bicyclic) bond motifs is 3. The molecule has 0 fully saturated rings. The minimum absolute atomic E-state index is 0.0120. The molecule has 3 aromatic heterocycles. The van der Waals surface area contributed by atoms with Gasteiger partial charge < -0.3 is 15.1 Å². The zero-order valence-electron chi connectivity index (χ0n) is 17.7. The van der Waals surface area contributed by atoms with Crippen LogP contribution in [0.3, 0.4) is 0 Å². The number of furan rings is 1. The van der Waals surface area contributed by atoms with Gasteiger partial charge in [-0.25, -0.2) is 4.79 Å². The SMILES string of the molecule is CNc1ccc(NC(=O)Cn2c(=O)n(Cc3ccco3)c(=O)c3sc4ccccc4c32)cc1. The third-order valence-corrected chi connectivity index (χ3v) is 6.54. The zero-order chi connectivity index (χ0) is 22.9. The van der Waals surface area contributed by atoms with Crippen molar-refractivity contribution < 1.29 is 9.21 Å². The number of carbonyl (C=O) groups excluding carboxylic acids is 1. The molecule has 0 saturated carbocycles. The van der Waals surface area contributed by atoms with Crippen LogP contribution in [0.1, 0.15) is 5.76 Å². The van der Waals surface area contributed by atoms with Crippen LogP contribution < -0.4 is 21.9 Å². The molecule has 0 aliphatic rings. The average Bonchev–Trinajstić information content (AvgIpc) is 3.48. The molecule has 0 atom stereocenters. The quantitative estimate of drug-likeness (QED) is 0.403. The summed E-state index contributed by atoms with van der Waals surface area (Å²) < 4.78 is 9.13. The zero-order valence-corrected chi connectivity index (χ0v) is 18.5. The summed E-state index contributed by atoms with van der Waals surface area (Å²) in [5.74, 6) is 0.115. The Balaban J connectivity index is 1.61. The molecule has 2 aromatic carbocycles. The second kappa shape index (κ2) is 8.44. The van der Waals surface area contributed by atoms with Crippen LogP contribution in [0.25, 0.3) is 20.3 Å². The van der Waals surface area contributed by atoms with Gasteiger partial charge in [0.15, 0.2) is 0 Å². The highest BCUT2D eigenvalue weighted by atomic mass is 32.1. The molecule has 3 heterocycles. The number of anilines is 2. The Morgan fingerprint density at radius 3 is 2.45 bits per heavy atom. The van der Waals surface area contributed by atoms with Crippen molar-refractivity contribution in [2.45, 2.75) is 13.1 Å². The molecule has 9 heteroatoms. The molecule has 2 N–H and O–H groups in total. The van der Waals surface area contributed by atoms with Gasteiger partial charge in [-0.2, -0.15) is 0 Å². The van der Waals surface area contributed by atoms with E-state index in [0.29, 0.717) is 21.7 Å². The van der Waals surface area contributed by atoms with Crippen molar-refractivity contribution in [3.63, 3.8) is 0 Å². The molecular weight excluding hydrogens is 440 g/mol. The number of thiophene rings is 1. The summed E-state index contributed by atoms with van der Waals surface area (Å²) in [5.41, 5.74) is 1.05. The number of rotatable bonds is 6. The summed E-state index contributed by atoms with van der Waals surface area (Å²) in [7, 11) is 1.81. The lowest BCUT2D eigenvalue weighted by Crippen LogP contribution is -2.41. The number of hydrogen-bond donors (Lipinski definition) is 2. The van der Waals surface area contributed by atoms with Crippen LogP contribution in [0.4, 0.5) is 11.4 Å². The normalized spacial score (nSPS) is 11.2. The molecule has 166 valence electrons. The number of nitrogens with zero attached hydrogens (tertiary/aromatic N) is 2. The van der Waals surface area contributed by atoms with Crippen molar-refractivity contribution in [1.29, 1.82) is 0 Å². The van der Waals surface area contributed by atoms with E-state index in [2.05, 4.69) is 10.6 Å². The highest BCUT2D eigenvalue weighted by Gasteiger charge is 2.20. The van der Waals surface area contributed by atoms with E-state index in [9.17, 15) is 14.4 Å². The van der Waals surface area contributed by atoms with E-state index in [1.807, 2.05) is 43.4 Å².